The van der Waals surface area contributed by atoms with Crippen molar-refractivity contribution in [2.45, 2.75) is 18.8 Å². The van der Waals surface area contributed by atoms with Gasteiger partial charge in [0.1, 0.15) is 0 Å². The number of amides is 1. The molecule has 0 aliphatic carbocycles. The van der Waals surface area contributed by atoms with E-state index >= 15 is 4.39 Å². The topological polar surface area (TPSA) is 29.5 Å². The van der Waals surface area contributed by atoms with Gasteiger partial charge in [-0.25, -0.2) is 9.18 Å². The number of hydrogen-bond acceptors (Lipinski definition) is 2. The van der Waals surface area contributed by atoms with Gasteiger partial charge in [0.25, 0.3) is 0 Å². The van der Waals surface area contributed by atoms with Crippen molar-refractivity contribution in [1.29, 1.82) is 0 Å². The summed E-state index contributed by atoms with van der Waals surface area (Å²) >= 11 is 0. The molecule has 1 aliphatic heterocycles. The van der Waals surface area contributed by atoms with Crippen molar-refractivity contribution >= 4 is 6.09 Å². The smallest absolute Gasteiger partial charge is 0.412 e. The molecule has 0 N–H and O–H groups in total. The van der Waals surface area contributed by atoms with Gasteiger partial charge in [-0.1, -0.05) is 54.6 Å². The average molecular weight is 285 g/mol. The van der Waals surface area contributed by atoms with Crippen molar-refractivity contribution in [3.05, 3.63) is 60.2 Å². The Morgan fingerprint density at radius 2 is 1.62 bits per heavy atom. The zero-order valence-electron chi connectivity index (χ0n) is 11.9. The van der Waals surface area contributed by atoms with Gasteiger partial charge in [0, 0.05) is 12.6 Å². The molecule has 1 fully saturated rings. The molecule has 2 atom stereocenters. The molecule has 2 aromatic rings. The molecule has 3 nitrogen and oxygen atoms in total. The fraction of sp³-hybridized carbons (Fsp3) is 0.235. The molecule has 2 unspecified atom stereocenters. The fourth-order valence-corrected chi connectivity index (χ4v) is 2.67. The first-order valence-electron chi connectivity index (χ1n) is 6.83. The minimum Gasteiger partial charge on any atom is -0.440 e. The highest BCUT2D eigenvalue weighted by Crippen LogP contribution is 2.40. The Labute approximate surface area is 123 Å². The Kier molecular flexibility index (Phi) is 3.16. The van der Waals surface area contributed by atoms with Crippen molar-refractivity contribution in [1.82, 2.24) is 4.90 Å². The van der Waals surface area contributed by atoms with E-state index in [0.29, 0.717) is 5.56 Å². The van der Waals surface area contributed by atoms with Gasteiger partial charge in [-0.3, -0.25) is 4.90 Å². The van der Waals surface area contributed by atoms with Crippen LogP contribution in [0.5, 0.6) is 0 Å². The molecule has 1 saturated heterocycles. The predicted molar refractivity (Wildman–Crippen MR) is 78.4 cm³/mol. The lowest BCUT2D eigenvalue weighted by Gasteiger charge is -2.28. The van der Waals surface area contributed by atoms with Crippen LogP contribution in [0.1, 0.15) is 12.5 Å². The standard InChI is InChI=1S/C17H16FNO2/c1-12-17(18,19(2)16(20)21-12)15-10-8-14(9-11-15)13-6-4-3-5-7-13/h3-12H,1-2H3. The number of likely N-dealkylation sites (N-methyl/N-ethyl adjacent to an activating group) is 1. The molecule has 0 spiro atoms. The van der Waals surface area contributed by atoms with E-state index in [4.69, 9.17) is 4.74 Å². The monoisotopic (exact) mass is 285 g/mol. The summed E-state index contributed by atoms with van der Waals surface area (Å²) in [5.74, 6) is -1.92. The molecule has 21 heavy (non-hydrogen) atoms. The van der Waals surface area contributed by atoms with Crippen molar-refractivity contribution < 1.29 is 13.9 Å². The third-order valence-corrected chi connectivity index (χ3v) is 3.98. The van der Waals surface area contributed by atoms with E-state index in [9.17, 15) is 4.79 Å². The third-order valence-electron chi connectivity index (χ3n) is 3.98. The van der Waals surface area contributed by atoms with E-state index in [1.54, 1.807) is 19.1 Å². The van der Waals surface area contributed by atoms with Gasteiger partial charge < -0.3 is 4.74 Å². The van der Waals surface area contributed by atoms with E-state index in [1.807, 2.05) is 42.5 Å². The number of alkyl halides is 1. The van der Waals surface area contributed by atoms with Crippen LogP contribution in [0.15, 0.2) is 54.6 Å². The molecule has 2 aromatic carbocycles. The van der Waals surface area contributed by atoms with Crippen LogP contribution < -0.4 is 0 Å². The first-order chi connectivity index (χ1) is 10.0. The molecule has 0 aromatic heterocycles. The van der Waals surface area contributed by atoms with Crippen LogP contribution >= 0.6 is 0 Å². The van der Waals surface area contributed by atoms with Crippen molar-refractivity contribution in [3.8, 4) is 11.1 Å². The summed E-state index contributed by atoms with van der Waals surface area (Å²) in [5.41, 5.74) is 2.49. The number of benzene rings is 2. The summed E-state index contributed by atoms with van der Waals surface area (Å²) in [6, 6.07) is 17.0. The largest absolute Gasteiger partial charge is 0.440 e. The lowest BCUT2D eigenvalue weighted by atomic mass is 9.96. The lowest BCUT2D eigenvalue weighted by Crippen LogP contribution is -2.41. The van der Waals surface area contributed by atoms with Crippen LogP contribution in [0, 0.1) is 0 Å². The highest BCUT2D eigenvalue weighted by molar-refractivity contribution is 5.72. The maximum Gasteiger partial charge on any atom is 0.412 e. The van der Waals surface area contributed by atoms with Gasteiger partial charge in [0.2, 0.25) is 5.79 Å². The molecular formula is C17H16FNO2. The van der Waals surface area contributed by atoms with E-state index < -0.39 is 18.0 Å². The summed E-state index contributed by atoms with van der Waals surface area (Å²) in [6.45, 7) is 1.56. The summed E-state index contributed by atoms with van der Waals surface area (Å²) in [7, 11) is 1.41. The summed E-state index contributed by atoms with van der Waals surface area (Å²) in [4.78, 5) is 12.5. The van der Waals surface area contributed by atoms with Gasteiger partial charge in [-0.05, 0) is 18.1 Å². The maximum atomic E-state index is 15.2. The molecule has 0 radical (unpaired) electrons. The SMILES string of the molecule is CC1OC(=O)N(C)C1(F)c1ccc(-c2ccccc2)cc1. The maximum absolute atomic E-state index is 15.2. The summed E-state index contributed by atoms with van der Waals surface area (Å²) < 4.78 is 20.2. The first kappa shape index (κ1) is 13.6. The van der Waals surface area contributed by atoms with Gasteiger partial charge in [0.15, 0.2) is 6.10 Å². The number of rotatable bonds is 2. The fourth-order valence-electron chi connectivity index (χ4n) is 2.67. The second-order valence-corrected chi connectivity index (χ2v) is 5.20. The number of ether oxygens (including phenoxy) is 1. The highest BCUT2D eigenvalue weighted by atomic mass is 19.1. The summed E-state index contributed by atoms with van der Waals surface area (Å²) in [5, 5.41) is 0. The molecule has 4 heteroatoms. The van der Waals surface area contributed by atoms with E-state index in [-0.39, 0.29) is 0 Å². The van der Waals surface area contributed by atoms with Crippen molar-refractivity contribution in [2.75, 3.05) is 7.05 Å². The van der Waals surface area contributed by atoms with Crippen molar-refractivity contribution in [3.63, 3.8) is 0 Å². The van der Waals surface area contributed by atoms with Crippen molar-refractivity contribution in [2.24, 2.45) is 0 Å². The average Bonchev–Trinajstić information content (AvgIpc) is 2.72. The van der Waals surface area contributed by atoms with Crippen LogP contribution in [0.4, 0.5) is 9.18 Å². The molecular weight excluding hydrogens is 269 g/mol. The van der Waals surface area contributed by atoms with E-state index in [0.717, 1.165) is 16.0 Å². The zero-order valence-corrected chi connectivity index (χ0v) is 11.9. The molecule has 108 valence electrons. The minimum absolute atomic E-state index is 0.419. The molecule has 3 rings (SSSR count). The number of hydrogen-bond donors (Lipinski definition) is 0. The zero-order chi connectivity index (χ0) is 15.0. The number of cyclic esters (lactones) is 1. The molecule has 1 aliphatic rings. The summed E-state index contributed by atoms with van der Waals surface area (Å²) in [6.07, 6.45) is -1.48. The first-order valence-corrected chi connectivity index (χ1v) is 6.83. The molecule has 0 bridgehead atoms. The van der Waals surface area contributed by atoms with Gasteiger partial charge in [0.05, 0.1) is 0 Å². The molecule has 0 saturated carbocycles. The Morgan fingerprint density at radius 1 is 1.05 bits per heavy atom. The van der Waals surface area contributed by atoms with Crippen LogP contribution in [0.25, 0.3) is 11.1 Å². The van der Waals surface area contributed by atoms with Crippen LogP contribution in [-0.2, 0) is 10.5 Å². The quantitative estimate of drug-likeness (QED) is 0.782. The number of halogens is 1. The minimum atomic E-state index is -1.92. The number of nitrogens with zero attached hydrogens (tertiary/aromatic N) is 1. The Hall–Kier alpha value is -2.36. The Morgan fingerprint density at radius 3 is 2.14 bits per heavy atom. The number of carbonyl (C=O) groups excluding carboxylic acids is 1. The van der Waals surface area contributed by atoms with Gasteiger partial charge in [-0.15, -0.1) is 0 Å². The predicted octanol–water partition coefficient (Wildman–Crippen LogP) is 3.95. The second-order valence-electron chi connectivity index (χ2n) is 5.20. The normalized spacial score (nSPS) is 25.0. The van der Waals surface area contributed by atoms with Gasteiger partial charge >= 0.3 is 6.09 Å². The third kappa shape index (κ3) is 2.07. The molecule has 1 amide bonds. The van der Waals surface area contributed by atoms with E-state index in [2.05, 4.69) is 0 Å². The van der Waals surface area contributed by atoms with Gasteiger partial charge in [-0.2, -0.15) is 0 Å². The number of carbonyl (C=O) groups is 1. The second kappa shape index (κ2) is 4.88. The Bertz CT molecular complexity index is 656. The van der Waals surface area contributed by atoms with Crippen LogP contribution in [0.3, 0.4) is 0 Å². The van der Waals surface area contributed by atoms with E-state index in [1.165, 1.54) is 7.05 Å². The van der Waals surface area contributed by atoms with Crippen LogP contribution in [0.2, 0.25) is 0 Å². The molecule has 1 heterocycles. The Balaban J connectivity index is 1.96. The highest BCUT2D eigenvalue weighted by Gasteiger charge is 2.53. The lowest BCUT2D eigenvalue weighted by molar-refractivity contribution is -0.0102. The van der Waals surface area contributed by atoms with Crippen LogP contribution in [-0.4, -0.2) is 24.1 Å².